The van der Waals surface area contributed by atoms with Crippen LogP contribution in [0.4, 0.5) is 0 Å². The third-order valence-electron chi connectivity index (χ3n) is 2.62. The SMILES string of the molecule is O=C(O)CCN1C(=O)CSC1c1ccccc1. The average molecular weight is 251 g/mol. The number of rotatable bonds is 4. The van der Waals surface area contributed by atoms with Gasteiger partial charge in [-0.1, -0.05) is 30.3 Å². The van der Waals surface area contributed by atoms with Gasteiger partial charge in [0.25, 0.3) is 0 Å². The fraction of sp³-hybridized carbons (Fsp3) is 0.333. The standard InChI is InChI=1S/C12H13NO3S/c14-10-8-17-12(9-4-2-1-3-5-9)13(10)7-6-11(15)16/h1-5,12H,6-8H2,(H,15,16). The number of benzene rings is 1. The number of carbonyl (C=O) groups excluding carboxylic acids is 1. The summed E-state index contributed by atoms with van der Waals surface area (Å²) in [6.45, 7) is 0.278. The second-order valence-electron chi connectivity index (χ2n) is 3.80. The van der Waals surface area contributed by atoms with Crippen molar-refractivity contribution in [1.82, 2.24) is 4.90 Å². The Morgan fingerprint density at radius 2 is 2.12 bits per heavy atom. The lowest BCUT2D eigenvalue weighted by atomic mass is 10.2. The van der Waals surface area contributed by atoms with E-state index in [0.29, 0.717) is 5.75 Å². The van der Waals surface area contributed by atoms with E-state index in [-0.39, 0.29) is 24.2 Å². The minimum absolute atomic E-state index is 0.00433. The Balaban J connectivity index is 2.11. The zero-order chi connectivity index (χ0) is 12.3. The van der Waals surface area contributed by atoms with Crippen molar-refractivity contribution in [3.8, 4) is 0 Å². The van der Waals surface area contributed by atoms with Crippen molar-refractivity contribution in [1.29, 1.82) is 0 Å². The molecule has 1 unspecified atom stereocenters. The van der Waals surface area contributed by atoms with E-state index >= 15 is 0 Å². The van der Waals surface area contributed by atoms with E-state index in [1.54, 1.807) is 16.7 Å². The molecule has 1 aromatic rings. The Bertz CT molecular complexity index is 421. The summed E-state index contributed by atoms with van der Waals surface area (Å²) >= 11 is 1.55. The quantitative estimate of drug-likeness (QED) is 0.885. The number of nitrogens with zero attached hydrogens (tertiary/aromatic N) is 1. The fourth-order valence-electron chi connectivity index (χ4n) is 1.81. The molecule has 1 aromatic carbocycles. The lowest BCUT2D eigenvalue weighted by molar-refractivity contribution is -0.138. The fourth-order valence-corrected chi connectivity index (χ4v) is 3.02. The van der Waals surface area contributed by atoms with Crippen LogP contribution >= 0.6 is 11.8 Å². The summed E-state index contributed by atoms with van der Waals surface area (Å²) in [6.07, 6.45) is -0.00433. The van der Waals surface area contributed by atoms with Crippen LogP contribution in [0.1, 0.15) is 17.4 Å². The van der Waals surface area contributed by atoms with Gasteiger partial charge in [0.1, 0.15) is 5.37 Å². The Hall–Kier alpha value is -1.49. The first-order chi connectivity index (χ1) is 8.18. The zero-order valence-electron chi connectivity index (χ0n) is 9.20. The lowest BCUT2D eigenvalue weighted by Crippen LogP contribution is -2.30. The first kappa shape index (κ1) is 12.0. The molecule has 4 nitrogen and oxygen atoms in total. The molecule has 1 fully saturated rings. The molecule has 1 amide bonds. The van der Waals surface area contributed by atoms with Crippen molar-refractivity contribution in [3.63, 3.8) is 0 Å². The van der Waals surface area contributed by atoms with Gasteiger partial charge in [-0.25, -0.2) is 0 Å². The number of aliphatic carboxylic acids is 1. The third-order valence-corrected chi connectivity index (χ3v) is 3.88. The molecule has 0 saturated carbocycles. The van der Waals surface area contributed by atoms with Crippen LogP contribution in [0.3, 0.4) is 0 Å². The number of hydrogen-bond acceptors (Lipinski definition) is 3. The van der Waals surface area contributed by atoms with Crippen LogP contribution < -0.4 is 0 Å². The number of amides is 1. The second-order valence-corrected chi connectivity index (χ2v) is 4.87. The predicted octanol–water partition coefficient (Wildman–Crippen LogP) is 1.74. The van der Waals surface area contributed by atoms with Gasteiger partial charge in [-0.2, -0.15) is 0 Å². The maximum Gasteiger partial charge on any atom is 0.305 e. The van der Waals surface area contributed by atoms with E-state index in [1.807, 2.05) is 30.3 Å². The molecule has 2 rings (SSSR count). The lowest BCUT2D eigenvalue weighted by Gasteiger charge is -2.23. The molecule has 0 bridgehead atoms. The van der Waals surface area contributed by atoms with E-state index in [1.165, 1.54) is 0 Å². The van der Waals surface area contributed by atoms with Crippen LogP contribution in [0.25, 0.3) is 0 Å². The van der Waals surface area contributed by atoms with E-state index in [0.717, 1.165) is 5.56 Å². The van der Waals surface area contributed by atoms with Gasteiger partial charge in [0.2, 0.25) is 5.91 Å². The highest BCUT2D eigenvalue weighted by Crippen LogP contribution is 2.38. The monoisotopic (exact) mass is 251 g/mol. The summed E-state index contributed by atoms with van der Waals surface area (Å²) in [6, 6.07) is 9.70. The molecule has 1 aliphatic heterocycles. The zero-order valence-corrected chi connectivity index (χ0v) is 10.0. The van der Waals surface area contributed by atoms with Crippen molar-refractivity contribution >= 4 is 23.6 Å². The van der Waals surface area contributed by atoms with E-state index < -0.39 is 5.97 Å². The Kier molecular flexibility index (Phi) is 3.68. The Morgan fingerprint density at radius 1 is 1.41 bits per heavy atom. The van der Waals surface area contributed by atoms with Crippen molar-refractivity contribution in [2.45, 2.75) is 11.8 Å². The average Bonchev–Trinajstić information content (AvgIpc) is 2.69. The smallest absolute Gasteiger partial charge is 0.305 e. The van der Waals surface area contributed by atoms with Gasteiger partial charge < -0.3 is 10.0 Å². The summed E-state index contributed by atoms with van der Waals surface area (Å²) in [5, 5.41) is 8.63. The van der Waals surface area contributed by atoms with Gasteiger partial charge in [0.15, 0.2) is 0 Å². The van der Waals surface area contributed by atoms with Crippen LogP contribution in [0.5, 0.6) is 0 Å². The summed E-state index contributed by atoms with van der Waals surface area (Å²) in [4.78, 5) is 23.9. The summed E-state index contributed by atoms with van der Waals surface area (Å²) < 4.78 is 0. The molecule has 1 atom stereocenters. The molecule has 0 aliphatic carbocycles. The molecular weight excluding hydrogens is 238 g/mol. The van der Waals surface area contributed by atoms with Crippen molar-refractivity contribution in [3.05, 3.63) is 35.9 Å². The Labute approximate surface area is 104 Å². The number of carboxylic acid groups (broad SMARTS) is 1. The van der Waals surface area contributed by atoms with E-state index in [4.69, 9.17) is 5.11 Å². The molecule has 0 spiro atoms. The molecule has 17 heavy (non-hydrogen) atoms. The largest absolute Gasteiger partial charge is 0.481 e. The third kappa shape index (κ3) is 2.79. The van der Waals surface area contributed by atoms with Gasteiger partial charge in [-0.05, 0) is 5.56 Å². The number of carbonyl (C=O) groups is 2. The number of carboxylic acids is 1. The van der Waals surface area contributed by atoms with Crippen LogP contribution in [-0.4, -0.2) is 34.2 Å². The van der Waals surface area contributed by atoms with Gasteiger partial charge >= 0.3 is 5.97 Å². The first-order valence-corrected chi connectivity index (χ1v) is 6.41. The normalized spacial score (nSPS) is 19.6. The molecule has 0 radical (unpaired) electrons. The van der Waals surface area contributed by atoms with E-state index in [2.05, 4.69) is 0 Å². The summed E-state index contributed by atoms with van der Waals surface area (Å²) in [5.41, 5.74) is 1.05. The highest BCUT2D eigenvalue weighted by Gasteiger charge is 2.32. The number of thioether (sulfide) groups is 1. The summed E-state index contributed by atoms with van der Waals surface area (Å²) in [7, 11) is 0. The first-order valence-electron chi connectivity index (χ1n) is 5.36. The van der Waals surface area contributed by atoms with Crippen LogP contribution in [0.15, 0.2) is 30.3 Å². The van der Waals surface area contributed by atoms with Gasteiger partial charge in [0.05, 0.1) is 12.2 Å². The van der Waals surface area contributed by atoms with Gasteiger partial charge in [-0.15, -0.1) is 11.8 Å². The van der Waals surface area contributed by atoms with Crippen LogP contribution in [-0.2, 0) is 9.59 Å². The molecule has 0 aromatic heterocycles. The maximum atomic E-state index is 11.7. The van der Waals surface area contributed by atoms with Crippen LogP contribution in [0.2, 0.25) is 0 Å². The molecule has 90 valence electrons. The molecule has 5 heteroatoms. The predicted molar refractivity (Wildman–Crippen MR) is 65.6 cm³/mol. The molecule has 1 N–H and O–H groups in total. The molecule has 1 saturated heterocycles. The second kappa shape index (κ2) is 5.23. The highest BCUT2D eigenvalue weighted by molar-refractivity contribution is 8.00. The molecule has 1 aliphatic rings. The summed E-state index contributed by atoms with van der Waals surface area (Å²) in [5.74, 6) is -0.425. The van der Waals surface area contributed by atoms with Gasteiger partial charge in [0, 0.05) is 6.54 Å². The Morgan fingerprint density at radius 3 is 2.76 bits per heavy atom. The highest BCUT2D eigenvalue weighted by atomic mass is 32.2. The molecule has 1 heterocycles. The number of hydrogen-bond donors (Lipinski definition) is 1. The minimum atomic E-state index is -0.874. The van der Waals surface area contributed by atoms with Crippen molar-refractivity contribution in [2.75, 3.05) is 12.3 Å². The van der Waals surface area contributed by atoms with E-state index in [9.17, 15) is 9.59 Å². The van der Waals surface area contributed by atoms with Crippen molar-refractivity contribution < 1.29 is 14.7 Å². The molecular formula is C12H13NO3S. The van der Waals surface area contributed by atoms with Crippen LogP contribution in [0, 0.1) is 0 Å². The minimum Gasteiger partial charge on any atom is -0.481 e. The maximum absolute atomic E-state index is 11.7. The topological polar surface area (TPSA) is 57.6 Å². The van der Waals surface area contributed by atoms with Gasteiger partial charge in [-0.3, -0.25) is 9.59 Å². The van der Waals surface area contributed by atoms with Crippen molar-refractivity contribution in [2.24, 2.45) is 0 Å².